The first-order chi connectivity index (χ1) is 4.34. The minimum absolute atomic E-state index is 0.154. The number of hydrogen-bond acceptors (Lipinski definition) is 2. The molecule has 1 saturated heterocycles. The predicted octanol–water partition coefficient (Wildman–Crippen LogP) is -0.522. The largest absolute Gasteiger partial charge is 0.413 e. The summed E-state index contributed by atoms with van der Waals surface area (Å²) in [7, 11) is 0. The van der Waals surface area contributed by atoms with E-state index in [1.54, 1.807) is 0 Å². The van der Waals surface area contributed by atoms with Gasteiger partial charge in [0.05, 0.1) is 0 Å². The maximum atomic E-state index is 10.6. The first kappa shape index (κ1) is 6.32. The molecule has 4 nitrogen and oxygen atoms in total. The normalized spacial score (nSPS) is 18.7. The summed E-state index contributed by atoms with van der Waals surface area (Å²) in [6, 6.07) is 0. The predicted molar refractivity (Wildman–Crippen MR) is 34.1 cm³/mol. The van der Waals surface area contributed by atoms with Crippen molar-refractivity contribution in [1.82, 2.24) is 5.32 Å². The van der Waals surface area contributed by atoms with Gasteiger partial charge in [-0.3, -0.25) is 4.79 Å². The molecule has 1 N–H and O–H groups in total. The van der Waals surface area contributed by atoms with Gasteiger partial charge in [-0.05, 0) is 11.8 Å². The molecule has 1 aliphatic rings. The molecule has 1 aliphatic heterocycles. The van der Waals surface area contributed by atoms with E-state index in [0.717, 1.165) is 5.75 Å². The number of nitrogens with zero attached hydrogens (tertiary/aromatic N) is 2. The van der Waals surface area contributed by atoms with Crippen molar-refractivity contribution in [2.45, 2.75) is 0 Å². The van der Waals surface area contributed by atoms with Gasteiger partial charge in [0.15, 0.2) is 0 Å². The number of rotatable bonds is 0. The zero-order valence-electron chi connectivity index (χ0n) is 4.63. The fraction of sp³-hybridized carbons (Fsp3) is 0.500. The number of hydrogen-bond donors (Lipinski definition) is 1. The van der Waals surface area contributed by atoms with E-state index in [0.29, 0.717) is 6.54 Å². The molecule has 0 spiro atoms. The molecule has 0 aromatic rings. The van der Waals surface area contributed by atoms with E-state index in [-0.39, 0.29) is 11.0 Å². The minimum Gasteiger partial charge on any atom is -0.360 e. The Balaban J connectivity index is 2.71. The standard InChI is InChI=1S/C4H5N3OS/c5-7-4-3(8)6-1-2-9-4/h1-2H2,(H,6,8). The monoisotopic (exact) mass is 143 g/mol. The highest BCUT2D eigenvalue weighted by molar-refractivity contribution is 8.15. The lowest BCUT2D eigenvalue weighted by Crippen LogP contribution is -2.36. The third-order valence-electron chi connectivity index (χ3n) is 0.911. The van der Waals surface area contributed by atoms with Gasteiger partial charge in [0.2, 0.25) is 0 Å². The molecular weight excluding hydrogens is 138 g/mol. The minimum atomic E-state index is -0.284. The van der Waals surface area contributed by atoms with Crippen LogP contribution in [0.2, 0.25) is 0 Å². The Kier molecular flexibility index (Phi) is 1.87. The highest BCUT2D eigenvalue weighted by atomic mass is 32.2. The highest BCUT2D eigenvalue weighted by Crippen LogP contribution is 2.04. The molecule has 9 heavy (non-hydrogen) atoms. The zero-order valence-corrected chi connectivity index (χ0v) is 5.44. The van der Waals surface area contributed by atoms with Crippen LogP contribution in [0.1, 0.15) is 0 Å². The van der Waals surface area contributed by atoms with Crippen LogP contribution in [0.25, 0.3) is 5.53 Å². The van der Waals surface area contributed by atoms with E-state index in [4.69, 9.17) is 5.53 Å². The molecular formula is C4H5N3OS. The van der Waals surface area contributed by atoms with Crippen molar-refractivity contribution in [3.05, 3.63) is 5.53 Å². The number of thioether (sulfide) groups is 1. The first-order valence-corrected chi connectivity index (χ1v) is 3.46. The number of amides is 1. The lowest BCUT2D eigenvalue weighted by Gasteiger charge is -2.04. The third kappa shape index (κ3) is 1.31. The van der Waals surface area contributed by atoms with Crippen LogP contribution in [0, 0.1) is 0 Å². The van der Waals surface area contributed by atoms with Crippen LogP contribution in [0.3, 0.4) is 0 Å². The smallest absolute Gasteiger partial charge is 0.360 e. The fourth-order valence-electron chi connectivity index (χ4n) is 0.528. The molecule has 0 unspecified atom stereocenters. The Morgan fingerprint density at radius 2 is 2.56 bits per heavy atom. The lowest BCUT2D eigenvalue weighted by atomic mass is 10.6. The van der Waals surface area contributed by atoms with Crippen LogP contribution < -0.4 is 5.32 Å². The van der Waals surface area contributed by atoms with Gasteiger partial charge >= 0.3 is 11.0 Å². The van der Waals surface area contributed by atoms with Crippen molar-refractivity contribution in [2.24, 2.45) is 0 Å². The van der Waals surface area contributed by atoms with Gasteiger partial charge < -0.3 is 10.8 Å². The van der Waals surface area contributed by atoms with Crippen LogP contribution >= 0.6 is 11.8 Å². The Hall–Kier alpha value is -0.800. The summed E-state index contributed by atoms with van der Waals surface area (Å²) in [4.78, 5) is 13.4. The van der Waals surface area contributed by atoms with Crippen molar-refractivity contribution in [1.29, 1.82) is 0 Å². The maximum Gasteiger partial charge on any atom is 0.413 e. The van der Waals surface area contributed by atoms with Crippen molar-refractivity contribution >= 4 is 22.7 Å². The maximum absolute atomic E-state index is 10.6. The van der Waals surface area contributed by atoms with Crippen LogP contribution in [-0.4, -0.2) is 28.0 Å². The molecule has 1 amide bonds. The summed E-state index contributed by atoms with van der Waals surface area (Å²) in [6.45, 7) is 0.655. The van der Waals surface area contributed by atoms with Gasteiger partial charge in [-0.25, -0.2) is 0 Å². The second-order valence-corrected chi connectivity index (χ2v) is 2.59. The molecule has 5 heteroatoms. The Morgan fingerprint density at radius 3 is 3.00 bits per heavy atom. The van der Waals surface area contributed by atoms with Gasteiger partial charge in [0.25, 0.3) is 0 Å². The molecule has 48 valence electrons. The van der Waals surface area contributed by atoms with Crippen LogP contribution in [0.4, 0.5) is 0 Å². The molecule has 1 rings (SSSR count). The summed E-state index contributed by atoms with van der Waals surface area (Å²) in [5, 5.41) is 2.69. The van der Waals surface area contributed by atoms with Crippen molar-refractivity contribution in [3.8, 4) is 0 Å². The molecule has 0 aliphatic carbocycles. The summed E-state index contributed by atoms with van der Waals surface area (Å²) in [6.07, 6.45) is 0. The Morgan fingerprint density at radius 1 is 1.78 bits per heavy atom. The van der Waals surface area contributed by atoms with Crippen LogP contribution in [-0.2, 0) is 4.79 Å². The first-order valence-electron chi connectivity index (χ1n) is 2.47. The van der Waals surface area contributed by atoms with Gasteiger partial charge in [0, 0.05) is 12.3 Å². The van der Waals surface area contributed by atoms with E-state index >= 15 is 0 Å². The molecule has 1 heterocycles. The molecule has 0 radical (unpaired) electrons. The second kappa shape index (κ2) is 2.66. The number of carbonyl (C=O) groups is 1. The molecule has 0 atom stereocenters. The van der Waals surface area contributed by atoms with E-state index in [1.165, 1.54) is 11.8 Å². The Labute approximate surface area is 56.2 Å². The summed E-state index contributed by atoms with van der Waals surface area (Å²) in [5.41, 5.74) is 8.17. The number of carbonyl (C=O) groups excluding carboxylic acids is 1. The lowest BCUT2D eigenvalue weighted by molar-refractivity contribution is -0.118. The molecule has 0 aromatic carbocycles. The van der Waals surface area contributed by atoms with Gasteiger partial charge in [-0.2, -0.15) is 4.79 Å². The average molecular weight is 143 g/mol. The molecule has 0 aromatic heterocycles. The quantitative estimate of drug-likeness (QED) is 0.366. The topological polar surface area (TPSA) is 65.5 Å². The highest BCUT2D eigenvalue weighted by Gasteiger charge is 2.23. The summed E-state index contributed by atoms with van der Waals surface area (Å²) < 4.78 is 0. The van der Waals surface area contributed by atoms with Gasteiger partial charge in [-0.1, -0.05) is 0 Å². The van der Waals surface area contributed by atoms with Gasteiger partial charge in [-0.15, -0.1) is 0 Å². The third-order valence-corrected chi connectivity index (χ3v) is 1.86. The number of nitrogens with one attached hydrogen (secondary N) is 1. The van der Waals surface area contributed by atoms with E-state index in [9.17, 15) is 4.79 Å². The van der Waals surface area contributed by atoms with Crippen molar-refractivity contribution < 1.29 is 9.58 Å². The summed E-state index contributed by atoms with van der Waals surface area (Å²) in [5.74, 6) is 0.499. The zero-order chi connectivity index (χ0) is 6.69. The summed E-state index contributed by atoms with van der Waals surface area (Å²) >= 11 is 1.26. The van der Waals surface area contributed by atoms with E-state index < -0.39 is 0 Å². The van der Waals surface area contributed by atoms with Gasteiger partial charge in [0.1, 0.15) is 0 Å². The SMILES string of the molecule is [N-]=[N+]=C1SCCNC1=O. The second-order valence-electron chi connectivity index (χ2n) is 1.51. The Bertz CT molecular complexity index is 184. The van der Waals surface area contributed by atoms with E-state index in [2.05, 4.69) is 10.1 Å². The van der Waals surface area contributed by atoms with Crippen molar-refractivity contribution in [2.75, 3.05) is 12.3 Å². The molecule has 0 bridgehead atoms. The average Bonchev–Trinajstić information content (AvgIpc) is 1.89. The van der Waals surface area contributed by atoms with E-state index in [1.807, 2.05) is 0 Å². The van der Waals surface area contributed by atoms with Crippen LogP contribution in [0.15, 0.2) is 0 Å². The molecule has 1 fully saturated rings. The van der Waals surface area contributed by atoms with Crippen molar-refractivity contribution in [3.63, 3.8) is 0 Å². The molecule has 0 saturated carbocycles. The fourth-order valence-corrected chi connectivity index (χ4v) is 1.19. The van der Waals surface area contributed by atoms with Crippen LogP contribution in [0.5, 0.6) is 0 Å².